The molecule has 1 aromatic heterocycles. The van der Waals surface area contributed by atoms with Crippen LogP contribution in [0.5, 0.6) is 17.2 Å². The van der Waals surface area contributed by atoms with Crippen LogP contribution in [0.1, 0.15) is 44.9 Å². The number of carbonyl (C=O) groups excluding carboxylic acids is 1. The molecule has 0 saturated heterocycles. The molecule has 0 unspecified atom stereocenters. The topological polar surface area (TPSA) is 88.3 Å². The van der Waals surface area contributed by atoms with Crippen molar-refractivity contribution in [2.45, 2.75) is 39.8 Å². The van der Waals surface area contributed by atoms with Gasteiger partial charge in [0.1, 0.15) is 6.61 Å². The maximum atomic E-state index is 13.9. The van der Waals surface area contributed by atoms with Crippen LogP contribution >= 0.6 is 34.5 Å². The molecule has 2 aromatic carbocycles. The van der Waals surface area contributed by atoms with Crippen molar-refractivity contribution in [2.75, 3.05) is 20.3 Å². The van der Waals surface area contributed by atoms with E-state index in [1.54, 1.807) is 50.3 Å². The minimum Gasteiger partial charge on any atom is -0.493 e. The van der Waals surface area contributed by atoms with Gasteiger partial charge in [0.15, 0.2) is 22.0 Å². The van der Waals surface area contributed by atoms with E-state index in [0.29, 0.717) is 53.5 Å². The van der Waals surface area contributed by atoms with Gasteiger partial charge in [0.25, 0.3) is 5.56 Å². The van der Waals surface area contributed by atoms with E-state index in [-0.39, 0.29) is 30.5 Å². The molecule has 1 aliphatic rings. The third kappa shape index (κ3) is 6.37. The third-order valence-corrected chi connectivity index (χ3v) is 7.59. The van der Waals surface area contributed by atoms with Crippen LogP contribution in [-0.2, 0) is 9.53 Å². The maximum Gasteiger partial charge on any atom is 0.338 e. The number of halogens is 2. The van der Waals surface area contributed by atoms with Crippen LogP contribution < -0.4 is 29.1 Å². The highest BCUT2D eigenvalue weighted by molar-refractivity contribution is 7.07. The van der Waals surface area contributed by atoms with Gasteiger partial charge in [0.05, 0.1) is 51.7 Å². The van der Waals surface area contributed by atoms with E-state index < -0.39 is 12.0 Å². The first-order chi connectivity index (χ1) is 19.6. The number of ether oxygens (including phenoxy) is 4. The molecule has 0 N–H and O–H groups in total. The average molecular weight is 618 g/mol. The Hall–Kier alpha value is -3.53. The first-order valence-electron chi connectivity index (χ1n) is 12.9. The molecule has 0 fully saturated rings. The van der Waals surface area contributed by atoms with E-state index in [0.717, 1.165) is 0 Å². The molecule has 0 radical (unpaired) electrons. The van der Waals surface area contributed by atoms with Crippen molar-refractivity contribution in [2.24, 2.45) is 4.99 Å². The van der Waals surface area contributed by atoms with Crippen LogP contribution in [0.15, 0.2) is 64.0 Å². The van der Waals surface area contributed by atoms with Gasteiger partial charge < -0.3 is 18.9 Å². The molecular weight excluding hydrogens is 587 g/mol. The molecule has 3 aromatic rings. The number of hydrogen-bond acceptors (Lipinski definition) is 8. The van der Waals surface area contributed by atoms with E-state index in [9.17, 15) is 9.59 Å². The molecule has 0 bridgehead atoms. The Kier molecular flexibility index (Phi) is 9.63. The summed E-state index contributed by atoms with van der Waals surface area (Å²) >= 11 is 14.0. The minimum atomic E-state index is -0.809. The molecule has 4 rings (SSSR count). The highest BCUT2D eigenvalue weighted by Gasteiger charge is 2.34. The quantitative estimate of drug-likeness (QED) is 0.222. The first kappa shape index (κ1) is 30.4. The molecule has 0 amide bonds. The number of fused-ring (bicyclic) bond motifs is 1. The van der Waals surface area contributed by atoms with Crippen molar-refractivity contribution in [3.05, 3.63) is 95.1 Å². The van der Waals surface area contributed by atoms with E-state index in [4.69, 9.17) is 42.1 Å². The normalized spacial score (nSPS) is 14.9. The number of benzene rings is 2. The fraction of sp³-hybridized carbons (Fsp3) is 0.300. The second-order valence-corrected chi connectivity index (χ2v) is 11.1. The lowest BCUT2D eigenvalue weighted by molar-refractivity contribution is -0.139. The summed E-state index contributed by atoms with van der Waals surface area (Å²) in [6.07, 6.45) is 3.19. The lowest BCUT2D eigenvalue weighted by Gasteiger charge is -2.25. The molecule has 2 heterocycles. The monoisotopic (exact) mass is 616 g/mol. The van der Waals surface area contributed by atoms with Crippen molar-refractivity contribution in [1.82, 2.24) is 4.57 Å². The van der Waals surface area contributed by atoms with Gasteiger partial charge in [-0.1, -0.05) is 53.3 Å². The van der Waals surface area contributed by atoms with Gasteiger partial charge >= 0.3 is 5.97 Å². The maximum absolute atomic E-state index is 13.9. The number of methoxy groups -OCH3 is 1. The van der Waals surface area contributed by atoms with E-state index in [2.05, 4.69) is 11.6 Å². The van der Waals surface area contributed by atoms with E-state index >= 15 is 0 Å². The molecule has 1 aliphatic heterocycles. The van der Waals surface area contributed by atoms with Crippen LogP contribution in [-0.4, -0.2) is 37.0 Å². The van der Waals surface area contributed by atoms with Crippen molar-refractivity contribution >= 4 is 46.6 Å². The zero-order chi connectivity index (χ0) is 29.8. The van der Waals surface area contributed by atoms with Gasteiger partial charge in [0.2, 0.25) is 0 Å². The predicted molar refractivity (Wildman–Crippen MR) is 161 cm³/mol. The summed E-state index contributed by atoms with van der Waals surface area (Å²) < 4.78 is 24.3. The molecule has 11 heteroatoms. The molecular formula is C30H30Cl2N2O6S. The van der Waals surface area contributed by atoms with Crippen molar-refractivity contribution < 1.29 is 23.7 Å². The van der Waals surface area contributed by atoms with Crippen LogP contribution in [0.25, 0.3) is 6.08 Å². The summed E-state index contributed by atoms with van der Waals surface area (Å²) in [6, 6.07) is 7.85. The fourth-order valence-corrected chi connectivity index (χ4v) is 6.07. The van der Waals surface area contributed by atoms with Crippen molar-refractivity contribution in [1.29, 1.82) is 0 Å². The average Bonchev–Trinajstić information content (AvgIpc) is 3.21. The Morgan fingerprint density at radius 2 is 1.90 bits per heavy atom. The van der Waals surface area contributed by atoms with E-state index in [1.807, 2.05) is 19.9 Å². The van der Waals surface area contributed by atoms with Crippen LogP contribution in [0.3, 0.4) is 0 Å². The third-order valence-electron chi connectivity index (χ3n) is 6.05. The standard InChI is InChI=1S/C30H30Cl2N2O6S/c1-7-11-39-27-20(31)12-18(13-21(27)32)14-24-28(35)34-26(19-9-10-22(40-16(3)4)23(15-19)37-6)25(29(36)38-8-2)17(5)33-30(34)41-24/h7,9-10,12-16,26H,1,8,11H2,2-6H3/b24-14-/t26-/m1/s1. The smallest absolute Gasteiger partial charge is 0.338 e. The lowest BCUT2D eigenvalue weighted by Crippen LogP contribution is -2.40. The second kappa shape index (κ2) is 13.0. The number of esters is 1. The van der Waals surface area contributed by atoms with Gasteiger partial charge in [-0.25, -0.2) is 9.79 Å². The van der Waals surface area contributed by atoms with Gasteiger partial charge in [-0.3, -0.25) is 9.36 Å². The van der Waals surface area contributed by atoms with Crippen molar-refractivity contribution in [3.8, 4) is 17.2 Å². The summed E-state index contributed by atoms with van der Waals surface area (Å²) in [5.74, 6) is 0.800. The second-order valence-electron chi connectivity index (χ2n) is 9.29. The number of aromatic nitrogens is 1. The molecule has 1 atom stereocenters. The Morgan fingerprint density at radius 3 is 2.51 bits per heavy atom. The Bertz CT molecular complexity index is 1680. The Morgan fingerprint density at radius 1 is 1.20 bits per heavy atom. The summed E-state index contributed by atoms with van der Waals surface area (Å²) in [5.41, 5.74) is 1.62. The number of carbonyl (C=O) groups is 1. The first-order valence-corrected chi connectivity index (χ1v) is 14.4. The van der Waals surface area contributed by atoms with Gasteiger partial charge in [0, 0.05) is 0 Å². The molecule has 216 valence electrons. The zero-order valence-electron chi connectivity index (χ0n) is 23.3. The predicted octanol–water partition coefficient (Wildman–Crippen LogP) is 5.47. The molecule has 8 nitrogen and oxygen atoms in total. The summed E-state index contributed by atoms with van der Waals surface area (Å²) in [4.78, 5) is 32.2. The number of hydrogen-bond donors (Lipinski definition) is 0. The molecule has 0 saturated carbocycles. The van der Waals surface area contributed by atoms with Gasteiger partial charge in [-0.2, -0.15) is 0 Å². The zero-order valence-corrected chi connectivity index (χ0v) is 25.7. The summed E-state index contributed by atoms with van der Waals surface area (Å²) in [5, 5.41) is 0.597. The highest BCUT2D eigenvalue weighted by atomic mass is 35.5. The number of rotatable bonds is 10. The lowest BCUT2D eigenvalue weighted by atomic mass is 9.95. The van der Waals surface area contributed by atoms with Crippen LogP contribution in [0.2, 0.25) is 10.0 Å². The number of nitrogens with zero attached hydrogens (tertiary/aromatic N) is 2. The summed E-state index contributed by atoms with van der Waals surface area (Å²) in [6.45, 7) is 11.3. The van der Waals surface area contributed by atoms with Gasteiger partial charge in [-0.05, 0) is 69.2 Å². The number of allylic oxidation sites excluding steroid dienone is 1. The van der Waals surface area contributed by atoms with E-state index in [1.165, 1.54) is 23.0 Å². The molecule has 0 spiro atoms. The molecule has 0 aliphatic carbocycles. The Balaban J connectivity index is 1.91. The van der Waals surface area contributed by atoms with Crippen molar-refractivity contribution in [3.63, 3.8) is 0 Å². The highest BCUT2D eigenvalue weighted by Crippen LogP contribution is 2.37. The Labute approximate surface area is 251 Å². The SMILES string of the molecule is C=CCOc1c(Cl)cc(/C=c2\sc3n(c2=O)[C@H](c2ccc(OC(C)C)c(OC)c2)C(C(=O)OCC)=C(C)N=3)cc1Cl. The largest absolute Gasteiger partial charge is 0.493 e. The van der Waals surface area contributed by atoms with Crippen LogP contribution in [0.4, 0.5) is 0 Å². The van der Waals surface area contributed by atoms with Crippen LogP contribution in [0, 0.1) is 0 Å². The fourth-order valence-electron chi connectivity index (χ4n) is 4.41. The minimum absolute atomic E-state index is 0.0747. The number of thiazole rings is 1. The molecule has 41 heavy (non-hydrogen) atoms. The van der Waals surface area contributed by atoms with Gasteiger partial charge in [-0.15, -0.1) is 0 Å². The summed E-state index contributed by atoms with van der Waals surface area (Å²) in [7, 11) is 1.54.